The molecule has 0 saturated heterocycles. The molecular formula is C11H22O2Si. The van der Waals surface area contributed by atoms with Gasteiger partial charge in [0.1, 0.15) is 0 Å². The van der Waals surface area contributed by atoms with Gasteiger partial charge in [0.25, 0.3) is 0 Å². The van der Waals surface area contributed by atoms with E-state index in [2.05, 4.69) is 20.8 Å². The van der Waals surface area contributed by atoms with Gasteiger partial charge in [-0.15, -0.1) is 0 Å². The summed E-state index contributed by atoms with van der Waals surface area (Å²) in [6.45, 7) is 8.83. The Labute approximate surface area is 90.2 Å². The Balaban J connectivity index is 3.77. The van der Waals surface area contributed by atoms with E-state index >= 15 is 0 Å². The molecule has 0 aliphatic heterocycles. The van der Waals surface area contributed by atoms with E-state index in [1.807, 2.05) is 0 Å². The third-order valence-electron chi connectivity index (χ3n) is 2.94. The topological polar surface area (TPSA) is 26.3 Å². The Morgan fingerprint density at radius 3 is 2.07 bits per heavy atom. The summed E-state index contributed by atoms with van der Waals surface area (Å²) in [6, 6.07) is 1.02. The van der Waals surface area contributed by atoms with Gasteiger partial charge in [-0.3, -0.25) is 4.79 Å². The van der Waals surface area contributed by atoms with Gasteiger partial charge in [-0.25, -0.2) is 0 Å². The molecule has 0 atom stereocenters. The standard InChI is InChI=1S/C11H22O2Si/c1-5-11(6-2,7-3)14-9-8-13-10(4)12/h5-9H2,1-4H3. The largest absolute Gasteiger partial charge is 0.466 e. The van der Waals surface area contributed by atoms with Crippen LogP contribution < -0.4 is 0 Å². The first-order valence-electron chi connectivity index (χ1n) is 5.48. The Hall–Kier alpha value is -0.313. The highest BCUT2D eigenvalue weighted by Crippen LogP contribution is 2.37. The lowest BCUT2D eigenvalue weighted by Gasteiger charge is -2.29. The third kappa shape index (κ3) is 4.79. The van der Waals surface area contributed by atoms with Crippen LogP contribution in [0.15, 0.2) is 0 Å². The molecule has 0 spiro atoms. The molecule has 0 aromatic carbocycles. The Morgan fingerprint density at radius 2 is 1.71 bits per heavy atom. The van der Waals surface area contributed by atoms with Gasteiger partial charge in [-0.05, 0) is 11.1 Å². The first-order valence-corrected chi connectivity index (χ1v) is 6.69. The molecule has 0 amide bonds. The number of carbonyl (C=O) groups excluding carboxylic acids is 1. The zero-order valence-corrected chi connectivity index (χ0v) is 10.9. The molecule has 0 fully saturated rings. The Bertz CT molecular complexity index is 156. The van der Waals surface area contributed by atoms with Crippen molar-refractivity contribution in [2.45, 2.75) is 58.0 Å². The van der Waals surface area contributed by atoms with Crippen LogP contribution in [0.5, 0.6) is 0 Å². The van der Waals surface area contributed by atoms with E-state index in [0.29, 0.717) is 11.6 Å². The number of esters is 1. The average Bonchev–Trinajstić information content (AvgIpc) is 2.19. The summed E-state index contributed by atoms with van der Waals surface area (Å²) in [6.07, 6.45) is 3.70. The minimum atomic E-state index is -0.162. The van der Waals surface area contributed by atoms with Crippen molar-refractivity contribution in [3.05, 3.63) is 0 Å². The van der Waals surface area contributed by atoms with Crippen molar-refractivity contribution in [1.82, 2.24) is 0 Å². The van der Waals surface area contributed by atoms with E-state index in [4.69, 9.17) is 4.74 Å². The average molecular weight is 214 g/mol. The maximum Gasteiger partial charge on any atom is 0.302 e. The SMILES string of the molecule is CCC(CC)(CC)[Si]CCOC(C)=O. The molecule has 0 aromatic heterocycles. The lowest BCUT2D eigenvalue weighted by Crippen LogP contribution is -2.19. The summed E-state index contributed by atoms with van der Waals surface area (Å²) in [4.78, 5) is 10.6. The summed E-state index contributed by atoms with van der Waals surface area (Å²) in [5.74, 6) is -0.162. The van der Waals surface area contributed by atoms with Crippen LogP contribution in [0.4, 0.5) is 0 Å². The second kappa shape index (κ2) is 7.04. The second-order valence-electron chi connectivity index (χ2n) is 3.61. The molecule has 3 heteroatoms. The van der Waals surface area contributed by atoms with E-state index in [1.54, 1.807) is 0 Å². The summed E-state index contributed by atoms with van der Waals surface area (Å²) in [5.41, 5.74) is 0. The van der Waals surface area contributed by atoms with Gasteiger partial charge in [0.2, 0.25) is 0 Å². The van der Waals surface area contributed by atoms with Crippen LogP contribution in [0.3, 0.4) is 0 Å². The lowest BCUT2D eigenvalue weighted by atomic mass is 9.99. The van der Waals surface area contributed by atoms with Crippen molar-refractivity contribution in [2.75, 3.05) is 6.61 Å². The maximum absolute atomic E-state index is 10.6. The Morgan fingerprint density at radius 1 is 1.21 bits per heavy atom. The zero-order chi connectivity index (χ0) is 11.0. The van der Waals surface area contributed by atoms with Crippen molar-refractivity contribution in [2.24, 2.45) is 0 Å². The molecule has 82 valence electrons. The summed E-state index contributed by atoms with van der Waals surface area (Å²) < 4.78 is 4.94. The van der Waals surface area contributed by atoms with Gasteiger partial charge >= 0.3 is 5.97 Å². The van der Waals surface area contributed by atoms with Gasteiger partial charge in [-0.2, -0.15) is 0 Å². The lowest BCUT2D eigenvalue weighted by molar-refractivity contribution is -0.140. The van der Waals surface area contributed by atoms with Crippen molar-refractivity contribution in [3.8, 4) is 0 Å². The van der Waals surface area contributed by atoms with Crippen LogP contribution in [0.25, 0.3) is 0 Å². The first kappa shape index (κ1) is 13.7. The van der Waals surface area contributed by atoms with Gasteiger partial charge < -0.3 is 4.74 Å². The number of carbonyl (C=O) groups is 1. The van der Waals surface area contributed by atoms with E-state index in [9.17, 15) is 4.79 Å². The van der Waals surface area contributed by atoms with Crippen molar-refractivity contribution in [3.63, 3.8) is 0 Å². The predicted molar refractivity (Wildman–Crippen MR) is 60.8 cm³/mol. The molecular weight excluding hydrogens is 192 g/mol. The summed E-state index contributed by atoms with van der Waals surface area (Å²) in [5, 5.41) is 0.500. The normalized spacial score (nSPS) is 11.4. The predicted octanol–water partition coefficient (Wildman–Crippen LogP) is 3.06. The quantitative estimate of drug-likeness (QED) is 0.370. The fraction of sp³-hybridized carbons (Fsp3) is 0.909. The molecule has 2 nitrogen and oxygen atoms in total. The molecule has 0 unspecified atom stereocenters. The van der Waals surface area contributed by atoms with Gasteiger partial charge in [0, 0.05) is 16.4 Å². The highest BCUT2D eigenvalue weighted by Gasteiger charge is 2.23. The highest BCUT2D eigenvalue weighted by molar-refractivity contribution is 6.40. The molecule has 0 rings (SSSR count). The smallest absolute Gasteiger partial charge is 0.302 e. The number of rotatable bonds is 7. The van der Waals surface area contributed by atoms with Crippen LogP contribution in [0.2, 0.25) is 11.1 Å². The molecule has 0 heterocycles. The van der Waals surface area contributed by atoms with Gasteiger partial charge in [0.15, 0.2) is 0 Å². The second-order valence-corrected chi connectivity index (χ2v) is 5.52. The first-order chi connectivity index (χ1) is 6.60. The van der Waals surface area contributed by atoms with Gasteiger partial charge in [-0.1, -0.05) is 40.0 Å². The summed E-state index contributed by atoms with van der Waals surface area (Å²) >= 11 is 0. The molecule has 0 aliphatic carbocycles. The molecule has 2 radical (unpaired) electrons. The van der Waals surface area contributed by atoms with E-state index in [0.717, 1.165) is 15.6 Å². The van der Waals surface area contributed by atoms with E-state index in [-0.39, 0.29) is 5.97 Å². The third-order valence-corrected chi connectivity index (χ3v) is 5.20. The van der Waals surface area contributed by atoms with Crippen LogP contribution >= 0.6 is 0 Å². The highest BCUT2D eigenvalue weighted by atomic mass is 28.2. The molecule has 0 aliphatic rings. The zero-order valence-electron chi connectivity index (χ0n) is 9.85. The minimum absolute atomic E-state index is 0.162. The van der Waals surface area contributed by atoms with Gasteiger partial charge in [0.05, 0.1) is 6.61 Å². The summed E-state index contributed by atoms with van der Waals surface area (Å²) in [7, 11) is 0.916. The number of hydrogen-bond acceptors (Lipinski definition) is 2. The number of ether oxygens (including phenoxy) is 1. The van der Waals surface area contributed by atoms with Crippen molar-refractivity contribution < 1.29 is 9.53 Å². The molecule has 0 saturated carbocycles. The van der Waals surface area contributed by atoms with E-state index in [1.165, 1.54) is 26.2 Å². The fourth-order valence-electron chi connectivity index (χ4n) is 1.64. The van der Waals surface area contributed by atoms with E-state index < -0.39 is 0 Å². The molecule has 0 bridgehead atoms. The van der Waals surface area contributed by atoms with Crippen LogP contribution in [-0.2, 0) is 9.53 Å². The van der Waals surface area contributed by atoms with Crippen molar-refractivity contribution >= 4 is 15.5 Å². The minimum Gasteiger partial charge on any atom is -0.466 e. The Kier molecular flexibility index (Phi) is 6.88. The van der Waals surface area contributed by atoms with Crippen LogP contribution in [0, 0.1) is 0 Å². The van der Waals surface area contributed by atoms with Crippen LogP contribution in [0.1, 0.15) is 47.0 Å². The molecule has 14 heavy (non-hydrogen) atoms. The van der Waals surface area contributed by atoms with Crippen molar-refractivity contribution in [1.29, 1.82) is 0 Å². The number of hydrogen-bond donors (Lipinski definition) is 0. The fourth-order valence-corrected chi connectivity index (χ4v) is 3.12. The van der Waals surface area contributed by atoms with Crippen LogP contribution in [-0.4, -0.2) is 22.1 Å². The maximum atomic E-state index is 10.6. The molecule has 0 N–H and O–H groups in total. The monoisotopic (exact) mass is 214 g/mol. The molecule has 0 aromatic rings.